The molecule has 0 atom stereocenters. The molecule has 0 unspecified atom stereocenters. The molecule has 2 heteroatoms. The molecule has 1 heterocycles. The minimum atomic E-state index is 0.854. The molecule has 1 rings (SSSR count). The third-order valence-electron chi connectivity index (χ3n) is 3.58. The van der Waals surface area contributed by atoms with Crippen LogP contribution in [0.1, 0.15) is 39.2 Å². The number of hydrogen-bond acceptors (Lipinski definition) is 2. The van der Waals surface area contributed by atoms with Gasteiger partial charge in [-0.15, -0.1) is 0 Å². The minimum absolute atomic E-state index is 0.854. The zero-order valence-electron chi connectivity index (χ0n) is 11.5. The van der Waals surface area contributed by atoms with Gasteiger partial charge in [-0.05, 0) is 36.6 Å². The van der Waals surface area contributed by atoms with Gasteiger partial charge in [0.1, 0.15) is 0 Å². The van der Waals surface area contributed by atoms with Crippen LogP contribution in [0.3, 0.4) is 0 Å². The smallest absolute Gasteiger partial charge is 0.0270 e. The first-order valence-corrected chi connectivity index (χ1v) is 6.91. The Kier molecular flexibility index (Phi) is 6.87. The third kappa shape index (κ3) is 5.31. The highest BCUT2D eigenvalue weighted by Gasteiger charge is 2.09. The van der Waals surface area contributed by atoms with Crippen molar-refractivity contribution in [2.24, 2.45) is 5.92 Å². The summed E-state index contributed by atoms with van der Waals surface area (Å²) in [5.41, 5.74) is 1.39. The minimum Gasteiger partial charge on any atom is -0.303 e. The molecule has 0 radical (unpaired) electrons. The van der Waals surface area contributed by atoms with Crippen molar-refractivity contribution >= 4 is 0 Å². The highest BCUT2D eigenvalue weighted by Crippen LogP contribution is 2.10. The monoisotopic (exact) mass is 234 g/mol. The van der Waals surface area contributed by atoms with Crippen molar-refractivity contribution in [2.75, 3.05) is 19.6 Å². The maximum Gasteiger partial charge on any atom is 0.0270 e. The Morgan fingerprint density at radius 3 is 2.29 bits per heavy atom. The van der Waals surface area contributed by atoms with Crippen molar-refractivity contribution in [3.05, 3.63) is 30.1 Å². The molecule has 0 aliphatic carbocycles. The van der Waals surface area contributed by atoms with Gasteiger partial charge in [-0.1, -0.05) is 33.6 Å². The van der Waals surface area contributed by atoms with Crippen LogP contribution in [0.25, 0.3) is 0 Å². The Hall–Kier alpha value is -0.890. The fraction of sp³-hybridized carbons (Fsp3) is 0.667. The summed E-state index contributed by atoms with van der Waals surface area (Å²) in [6, 6.07) is 4.23. The highest BCUT2D eigenvalue weighted by atomic mass is 15.1. The van der Waals surface area contributed by atoms with E-state index < -0.39 is 0 Å². The normalized spacial score (nSPS) is 11.4. The number of aromatic nitrogens is 1. The first kappa shape index (κ1) is 14.2. The average molecular weight is 234 g/mol. The molecule has 0 bridgehead atoms. The average Bonchev–Trinajstić information content (AvgIpc) is 2.40. The summed E-state index contributed by atoms with van der Waals surface area (Å²) in [5.74, 6) is 0.854. The molecule has 0 aliphatic heterocycles. The summed E-state index contributed by atoms with van der Waals surface area (Å²) < 4.78 is 0. The fourth-order valence-corrected chi connectivity index (χ4v) is 2.13. The van der Waals surface area contributed by atoms with Gasteiger partial charge in [0, 0.05) is 25.5 Å². The van der Waals surface area contributed by atoms with Gasteiger partial charge in [-0.25, -0.2) is 0 Å². The number of pyridine rings is 1. The second kappa shape index (κ2) is 8.24. The Balaban J connectivity index is 2.37. The zero-order chi connectivity index (χ0) is 12.5. The molecular formula is C15H26N2. The first-order valence-electron chi connectivity index (χ1n) is 6.91. The number of nitrogens with zero attached hydrogens (tertiary/aromatic N) is 2. The number of likely N-dealkylation sites (N-methyl/N-ethyl adjacent to an activating group) is 1. The molecule has 0 aromatic carbocycles. The van der Waals surface area contributed by atoms with E-state index in [0.717, 1.165) is 25.4 Å². The maximum atomic E-state index is 4.05. The largest absolute Gasteiger partial charge is 0.303 e. The van der Waals surface area contributed by atoms with E-state index in [2.05, 4.69) is 42.8 Å². The quantitative estimate of drug-likeness (QED) is 0.685. The lowest BCUT2D eigenvalue weighted by Gasteiger charge is -2.25. The van der Waals surface area contributed by atoms with Crippen molar-refractivity contribution in [1.29, 1.82) is 0 Å². The standard InChI is InChI=1S/C15H26N2/c1-4-14(5-2)13-17(6-3)12-9-15-7-10-16-11-8-15/h7-8,10-11,14H,4-6,9,12-13H2,1-3H3. The predicted octanol–water partition coefficient (Wildman–Crippen LogP) is 3.38. The lowest BCUT2D eigenvalue weighted by atomic mass is 10.0. The maximum absolute atomic E-state index is 4.05. The van der Waals surface area contributed by atoms with Crippen molar-refractivity contribution in [2.45, 2.75) is 40.0 Å². The van der Waals surface area contributed by atoms with E-state index in [4.69, 9.17) is 0 Å². The summed E-state index contributed by atoms with van der Waals surface area (Å²) in [6.07, 6.45) is 7.49. The number of hydrogen-bond donors (Lipinski definition) is 0. The van der Waals surface area contributed by atoms with Crippen LogP contribution in [0.2, 0.25) is 0 Å². The highest BCUT2D eigenvalue weighted by molar-refractivity contribution is 5.09. The van der Waals surface area contributed by atoms with Crippen LogP contribution in [-0.2, 0) is 6.42 Å². The SMILES string of the molecule is CCC(CC)CN(CC)CCc1ccncc1. The van der Waals surface area contributed by atoms with Gasteiger partial charge in [0.2, 0.25) is 0 Å². The third-order valence-corrected chi connectivity index (χ3v) is 3.58. The van der Waals surface area contributed by atoms with Gasteiger partial charge >= 0.3 is 0 Å². The van der Waals surface area contributed by atoms with Crippen molar-refractivity contribution in [1.82, 2.24) is 9.88 Å². The van der Waals surface area contributed by atoms with E-state index in [9.17, 15) is 0 Å². The first-order chi connectivity index (χ1) is 8.30. The Bertz CT molecular complexity index is 280. The van der Waals surface area contributed by atoms with Gasteiger partial charge in [0.05, 0.1) is 0 Å². The van der Waals surface area contributed by atoms with Crippen LogP contribution >= 0.6 is 0 Å². The number of rotatable bonds is 8. The van der Waals surface area contributed by atoms with Gasteiger partial charge in [-0.3, -0.25) is 4.98 Å². The van der Waals surface area contributed by atoms with E-state index in [1.54, 1.807) is 0 Å². The Morgan fingerprint density at radius 1 is 1.12 bits per heavy atom. The lowest BCUT2D eigenvalue weighted by Crippen LogP contribution is -2.31. The molecule has 0 fully saturated rings. The van der Waals surface area contributed by atoms with E-state index >= 15 is 0 Å². The molecule has 0 saturated heterocycles. The summed E-state index contributed by atoms with van der Waals surface area (Å²) in [6.45, 7) is 10.4. The molecule has 2 nitrogen and oxygen atoms in total. The second-order valence-corrected chi connectivity index (χ2v) is 4.68. The second-order valence-electron chi connectivity index (χ2n) is 4.68. The van der Waals surface area contributed by atoms with Gasteiger partial charge in [-0.2, -0.15) is 0 Å². The van der Waals surface area contributed by atoms with Crippen LogP contribution in [-0.4, -0.2) is 29.5 Å². The van der Waals surface area contributed by atoms with Crippen molar-refractivity contribution < 1.29 is 0 Å². The molecule has 0 aliphatic rings. The van der Waals surface area contributed by atoms with Crippen molar-refractivity contribution in [3.63, 3.8) is 0 Å². The lowest BCUT2D eigenvalue weighted by molar-refractivity contribution is 0.236. The van der Waals surface area contributed by atoms with Crippen LogP contribution in [0.15, 0.2) is 24.5 Å². The molecule has 0 amide bonds. The van der Waals surface area contributed by atoms with E-state index in [1.807, 2.05) is 12.4 Å². The molecule has 17 heavy (non-hydrogen) atoms. The van der Waals surface area contributed by atoms with Crippen LogP contribution in [0.5, 0.6) is 0 Å². The summed E-state index contributed by atoms with van der Waals surface area (Å²) in [4.78, 5) is 6.62. The zero-order valence-corrected chi connectivity index (χ0v) is 11.5. The topological polar surface area (TPSA) is 16.1 Å². The molecule has 0 saturated carbocycles. The van der Waals surface area contributed by atoms with E-state index in [1.165, 1.54) is 24.9 Å². The molecule has 0 spiro atoms. The van der Waals surface area contributed by atoms with Crippen LogP contribution in [0, 0.1) is 5.92 Å². The van der Waals surface area contributed by atoms with Gasteiger partial charge in [0.25, 0.3) is 0 Å². The van der Waals surface area contributed by atoms with Gasteiger partial charge < -0.3 is 4.90 Å². The van der Waals surface area contributed by atoms with Gasteiger partial charge in [0.15, 0.2) is 0 Å². The summed E-state index contributed by atoms with van der Waals surface area (Å²) in [5, 5.41) is 0. The fourth-order valence-electron chi connectivity index (χ4n) is 2.13. The van der Waals surface area contributed by atoms with E-state index in [-0.39, 0.29) is 0 Å². The predicted molar refractivity (Wildman–Crippen MR) is 74.1 cm³/mol. The molecule has 1 aromatic heterocycles. The molecular weight excluding hydrogens is 208 g/mol. The summed E-state index contributed by atoms with van der Waals surface area (Å²) in [7, 11) is 0. The van der Waals surface area contributed by atoms with Crippen LogP contribution in [0.4, 0.5) is 0 Å². The molecule has 96 valence electrons. The van der Waals surface area contributed by atoms with Crippen LogP contribution < -0.4 is 0 Å². The molecule has 1 aromatic rings. The Labute approximate surface area is 106 Å². The van der Waals surface area contributed by atoms with E-state index in [0.29, 0.717) is 0 Å². The van der Waals surface area contributed by atoms with Crippen molar-refractivity contribution in [3.8, 4) is 0 Å². The summed E-state index contributed by atoms with van der Waals surface area (Å²) >= 11 is 0. The Morgan fingerprint density at radius 2 is 1.76 bits per heavy atom. The molecule has 0 N–H and O–H groups in total.